The first kappa shape index (κ1) is 12.1. The molecule has 0 fully saturated rings. The Balaban J connectivity index is 1.85. The lowest BCUT2D eigenvalue weighted by atomic mass is 9.87. The molecule has 0 radical (unpaired) electrons. The number of hydrogen-bond acceptors (Lipinski definition) is 5. The lowest BCUT2D eigenvalue weighted by molar-refractivity contribution is 0.510. The molecule has 2 aromatic rings. The van der Waals surface area contributed by atoms with Crippen LogP contribution in [0.5, 0.6) is 0 Å². The molecule has 1 N–H and O–H groups in total. The molecule has 0 aliphatic heterocycles. The van der Waals surface area contributed by atoms with Crippen molar-refractivity contribution in [3.05, 3.63) is 41.7 Å². The zero-order chi connectivity index (χ0) is 12.4. The average molecular weight is 277 g/mol. The Morgan fingerprint density at radius 3 is 3.06 bits per heavy atom. The van der Waals surface area contributed by atoms with Gasteiger partial charge in [-0.15, -0.1) is 0 Å². The Morgan fingerprint density at radius 2 is 2.28 bits per heavy atom. The second-order valence-electron chi connectivity index (χ2n) is 4.37. The topological polar surface area (TPSA) is 37.8 Å². The molecule has 18 heavy (non-hydrogen) atoms. The smallest absolute Gasteiger partial charge is 0.170 e. The summed E-state index contributed by atoms with van der Waals surface area (Å²) in [5.74, 6) is 0. The van der Waals surface area contributed by atoms with Crippen molar-refractivity contribution in [3.8, 4) is 0 Å². The minimum atomic E-state index is 0.406. The van der Waals surface area contributed by atoms with E-state index in [0.717, 1.165) is 10.8 Å². The fourth-order valence-corrected chi connectivity index (χ4v) is 4.51. The number of aryl methyl sites for hydroxylation is 1. The molecule has 3 rings (SSSR count). The lowest BCUT2D eigenvalue weighted by Gasteiger charge is -2.32. The number of nitrogens with one attached hydrogen (secondary N) is 1. The standard InChI is InChI=1S/C13H15N3S2/c1-14-12-10-5-3-2-4-9(10)6-7-11(12)17-13-15-8-16-18-13/h2-5,8,11-12,14H,6-7H2,1H3. The van der Waals surface area contributed by atoms with E-state index >= 15 is 0 Å². The van der Waals surface area contributed by atoms with Crippen LogP contribution in [-0.4, -0.2) is 21.7 Å². The van der Waals surface area contributed by atoms with E-state index in [1.807, 2.05) is 18.8 Å². The lowest BCUT2D eigenvalue weighted by Crippen LogP contribution is -2.32. The molecular formula is C13H15N3S2. The molecule has 1 aliphatic carbocycles. The quantitative estimate of drug-likeness (QED) is 0.936. The molecule has 94 valence electrons. The zero-order valence-electron chi connectivity index (χ0n) is 10.2. The fraction of sp³-hybridized carbons (Fsp3) is 0.385. The molecular weight excluding hydrogens is 262 g/mol. The van der Waals surface area contributed by atoms with Gasteiger partial charge < -0.3 is 5.32 Å². The minimum absolute atomic E-state index is 0.406. The van der Waals surface area contributed by atoms with Crippen LogP contribution < -0.4 is 5.32 Å². The van der Waals surface area contributed by atoms with Crippen LogP contribution in [0.25, 0.3) is 0 Å². The molecule has 2 unspecified atom stereocenters. The van der Waals surface area contributed by atoms with Crippen LogP contribution in [0.4, 0.5) is 0 Å². The summed E-state index contributed by atoms with van der Waals surface area (Å²) < 4.78 is 5.14. The maximum atomic E-state index is 4.28. The number of nitrogens with zero attached hydrogens (tertiary/aromatic N) is 2. The van der Waals surface area contributed by atoms with Crippen LogP contribution in [0.2, 0.25) is 0 Å². The van der Waals surface area contributed by atoms with Gasteiger partial charge in [0.05, 0.1) is 0 Å². The van der Waals surface area contributed by atoms with E-state index < -0.39 is 0 Å². The summed E-state index contributed by atoms with van der Waals surface area (Å²) in [6, 6.07) is 9.14. The largest absolute Gasteiger partial charge is 0.312 e. The number of rotatable bonds is 3. The van der Waals surface area contributed by atoms with Gasteiger partial charge in [0.1, 0.15) is 6.33 Å². The third-order valence-electron chi connectivity index (χ3n) is 3.36. The van der Waals surface area contributed by atoms with Crippen molar-refractivity contribution in [1.82, 2.24) is 14.7 Å². The predicted octanol–water partition coefficient (Wildman–Crippen LogP) is 2.91. The summed E-state index contributed by atoms with van der Waals surface area (Å²) >= 11 is 3.33. The average Bonchev–Trinajstić information content (AvgIpc) is 2.91. The summed E-state index contributed by atoms with van der Waals surface area (Å²) in [6.45, 7) is 0. The van der Waals surface area contributed by atoms with Crippen LogP contribution in [0.3, 0.4) is 0 Å². The van der Waals surface area contributed by atoms with Crippen molar-refractivity contribution in [1.29, 1.82) is 0 Å². The Hall–Kier alpha value is -0.910. The number of benzene rings is 1. The molecule has 2 atom stereocenters. The summed E-state index contributed by atoms with van der Waals surface area (Å²) in [7, 11) is 2.04. The van der Waals surface area contributed by atoms with E-state index in [9.17, 15) is 0 Å². The van der Waals surface area contributed by atoms with E-state index in [4.69, 9.17) is 0 Å². The summed E-state index contributed by atoms with van der Waals surface area (Å²) in [5.41, 5.74) is 2.92. The molecule has 1 heterocycles. The minimum Gasteiger partial charge on any atom is -0.312 e. The highest BCUT2D eigenvalue weighted by Crippen LogP contribution is 2.39. The van der Waals surface area contributed by atoms with Gasteiger partial charge in [-0.1, -0.05) is 36.0 Å². The molecule has 0 amide bonds. The highest BCUT2D eigenvalue weighted by Gasteiger charge is 2.29. The summed E-state index contributed by atoms with van der Waals surface area (Å²) in [6.07, 6.45) is 3.98. The van der Waals surface area contributed by atoms with Crippen molar-refractivity contribution in [2.24, 2.45) is 0 Å². The van der Waals surface area contributed by atoms with Gasteiger partial charge >= 0.3 is 0 Å². The van der Waals surface area contributed by atoms with Crippen LogP contribution in [0, 0.1) is 0 Å². The fourth-order valence-electron chi connectivity index (χ4n) is 2.54. The Bertz CT molecular complexity index is 513. The first-order chi connectivity index (χ1) is 8.88. The first-order valence-corrected chi connectivity index (χ1v) is 7.72. The van der Waals surface area contributed by atoms with Gasteiger partial charge in [-0.05, 0) is 42.5 Å². The van der Waals surface area contributed by atoms with Crippen LogP contribution in [0.1, 0.15) is 23.6 Å². The third-order valence-corrected chi connectivity index (χ3v) is 5.46. The van der Waals surface area contributed by atoms with Gasteiger partial charge in [0.15, 0.2) is 4.34 Å². The van der Waals surface area contributed by atoms with Crippen LogP contribution in [-0.2, 0) is 6.42 Å². The monoisotopic (exact) mass is 277 g/mol. The van der Waals surface area contributed by atoms with Gasteiger partial charge in [0.2, 0.25) is 0 Å². The van der Waals surface area contributed by atoms with Gasteiger partial charge in [-0.2, -0.15) is 4.37 Å². The third kappa shape index (κ3) is 2.30. The summed E-state index contributed by atoms with van der Waals surface area (Å²) in [4.78, 5) is 4.28. The molecule has 0 spiro atoms. The van der Waals surface area contributed by atoms with Gasteiger partial charge in [-0.25, -0.2) is 4.98 Å². The van der Waals surface area contributed by atoms with Crippen molar-refractivity contribution in [2.45, 2.75) is 28.5 Å². The van der Waals surface area contributed by atoms with Crippen molar-refractivity contribution < 1.29 is 0 Å². The SMILES string of the molecule is CNC1c2ccccc2CCC1Sc1ncns1. The molecule has 0 saturated carbocycles. The number of thioether (sulfide) groups is 1. The van der Waals surface area contributed by atoms with Crippen molar-refractivity contribution in [2.75, 3.05) is 7.05 Å². The first-order valence-electron chi connectivity index (χ1n) is 6.07. The van der Waals surface area contributed by atoms with Crippen molar-refractivity contribution in [3.63, 3.8) is 0 Å². The van der Waals surface area contributed by atoms with E-state index in [-0.39, 0.29) is 0 Å². The predicted molar refractivity (Wildman–Crippen MR) is 76.1 cm³/mol. The zero-order valence-corrected chi connectivity index (χ0v) is 11.8. The maximum Gasteiger partial charge on any atom is 0.170 e. The van der Waals surface area contributed by atoms with E-state index in [1.54, 1.807) is 6.33 Å². The van der Waals surface area contributed by atoms with Gasteiger partial charge in [0, 0.05) is 11.3 Å². The normalized spacial score (nSPS) is 22.7. The Kier molecular flexibility index (Phi) is 3.63. The second-order valence-corrected chi connectivity index (χ2v) is 6.63. The second kappa shape index (κ2) is 5.38. The molecule has 1 aromatic carbocycles. The Labute approximate surface area is 115 Å². The van der Waals surface area contributed by atoms with Crippen molar-refractivity contribution >= 4 is 23.3 Å². The van der Waals surface area contributed by atoms with Gasteiger partial charge in [0.25, 0.3) is 0 Å². The molecule has 1 aromatic heterocycles. The highest BCUT2D eigenvalue weighted by atomic mass is 32.2. The van der Waals surface area contributed by atoms with E-state index in [0.29, 0.717) is 11.3 Å². The van der Waals surface area contributed by atoms with Crippen LogP contribution in [0.15, 0.2) is 34.9 Å². The number of fused-ring (bicyclic) bond motifs is 1. The van der Waals surface area contributed by atoms with E-state index in [1.165, 1.54) is 29.1 Å². The molecule has 5 heteroatoms. The molecule has 3 nitrogen and oxygen atoms in total. The maximum absolute atomic E-state index is 4.28. The highest BCUT2D eigenvalue weighted by molar-refractivity contribution is 8.01. The molecule has 0 saturated heterocycles. The molecule has 0 bridgehead atoms. The Morgan fingerprint density at radius 1 is 1.39 bits per heavy atom. The van der Waals surface area contributed by atoms with Gasteiger partial charge in [-0.3, -0.25) is 0 Å². The molecule has 1 aliphatic rings. The van der Waals surface area contributed by atoms with E-state index in [2.05, 4.69) is 38.9 Å². The summed E-state index contributed by atoms with van der Waals surface area (Å²) in [5, 5.41) is 4.00. The number of aromatic nitrogens is 2. The number of hydrogen-bond donors (Lipinski definition) is 1. The van der Waals surface area contributed by atoms with Crippen LogP contribution >= 0.6 is 23.3 Å².